The van der Waals surface area contributed by atoms with Gasteiger partial charge < -0.3 is 10.1 Å². The van der Waals surface area contributed by atoms with E-state index in [1.54, 1.807) is 7.11 Å². The number of halogens is 2. The molecule has 2 heterocycles. The van der Waals surface area contributed by atoms with Crippen LogP contribution in [0.4, 0.5) is 4.39 Å². The summed E-state index contributed by atoms with van der Waals surface area (Å²) in [5.41, 5.74) is 2.97. The average molecular weight is 431 g/mol. The monoisotopic (exact) mass is 430 g/mol. The maximum Gasteiger partial charge on any atom is 0.251 e. The van der Waals surface area contributed by atoms with Crippen molar-refractivity contribution in [1.29, 1.82) is 0 Å². The molecule has 3 atom stereocenters. The first kappa shape index (κ1) is 21.1. The Morgan fingerprint density at radius 1 is 1.20 bits per heavy atom. The molecule has 2 aliphatic rings. The fourth-order valence-electron chi connectivity index (χ4n) is 5.27. The summed E-state index contributed by atoms with van der Waals surface area (Å²) in [6.45, 7) is 4.41. The molecule has 1 N–H and O–H groups in total. The second-order valence-corrected chi connectivity index (χ2v) is 8.91. The molecular formula is C24H28ClFN2O2. The van der Waals surface area contributed by atoms with Gasteiger partial charge in [0.2, 0.25) is 0 Å². The molecule has 3 unspecified atom stereocenters. The highest BCUT2D eigenvalue weighted by Gasteiger charge is 2.43. The quantitative estimate of drug-likeness (QED) is 0.701. The number of hydrogen-bond acceptors (Lipinski definition) is 3. The Bertz CT molecular complexity index is 937. The molecule has 160 valence electrons. The number of piperidine rings is 1. The van der Waals surface area contributed by atoms with Crippen LogP contribution in [0.3, 0.4) is 0 Å². The molecule has 0 saturated carbocycles. The van der Waals surface area contributed by atoms with Gasteiger partial charge in [0.1, 0.15) is 11.6 Å². The molecular weight excluding hydrogens is 403 g/mol. The van der Waals surface area contributed by atoms with Crippen LogP contribution in [0, 0.1) is 12.7 Å². The molecule has 2 bridgehead atoms. The van der Waals surface area contributed by atoms with Crippen molar-refractivity contribution < 1.29 is 13.9 Å². The highest BCUT2D eigenvalue weighted by Crippen LogP contribution is 2.42. The minimum atomic E-state index is -0.512. The van der Waals surface area contributed by atoms with Crippen molar-refractivity contribution in [2.45, 2.75) is 63.7 Å². The van der Waals surface area contributed by atoms with Crippen molar-refractivity contribution in [2.75, 3.05) is 7.11 Å². The van der Waals surface area contributed by atoms with Crippen LogP contribution in [0.1, 0.15) is 60.1 Å². The minimum Gasteiger partial charge on any atom is -0.497 e. The van der Waals surface area contributed by atoms with Crippen LogP contribution in [0.15, 0.2) is 36.4 Å². The molecule has 2 aliphatic heterocycles. The van der Waals surface area contributed by atoms with Crippen LogP contribution in [-0.2, 0) is 0 Å². The summed E-state index contributed by atoms with van der Waals surface area (Å²) in [7, 11) is 1.69. The maximum atomic E-state index is 13.4. The van der Waals surface area contributed by atoms with Gasteiger partial charge in [-0.1, -0.05) is 17.7 Å². The minimum absolute atomic E-state index is 0.0266. The first-order valence-corrected chi connectivity index (χ1v) is 10.9. The van der Waals surface area contributed by atoms with Gasteiger partial charge in [-0.05, 0) is 81.0 Å². The van der Waals surface area contributed by atoms with E-state index in [4.69, 9.17) is 16.3 Å². The van der Waals surface area contributed by atoms with E-state index in [1.165, 1.54) is 29.3 Å². The lowest BCUT2D eigenvalue weighted by Crippen LogP contribution is -2.51. The number of nitrogens with zero attached hydrogens (tertiary/aromatic N) is 1. The summed E-state index contributed by atoms with van der Waals surface area (Å²) in [4.78, 5) is 15.3. The zero-order valence-corrected chi connectivity index (χ0v) is 18.4. The van der Waals surface area contributed by atoms with Crippen LogP contribution in [-0.4, -0.2) is 36.0 Å². The zero-order valence-electron chi connectivity index (χ0n) is 17.6. The number of aryl methyl sites for hydroxylation is 1. The number of rotatable bonds is 5. The fourth-order valence-corrected chi connectivity index (χ4v) is 5.45. The molecule has 4 rings (SSSR count). The van der Waals surface area contributed by atoms with E-state index in [-0.39, 0.29) is 17.0 Å². The van der Waals surface area contributed by atoms with Gasteiger partial charge in [0.25, 0.3) is 5.91 Å². The molecule has 2 aromatic rings. The summed E-state index contributed by atoms with van der Waals surface area (Å²) in [5.74, 6) is 0.185. The molecule has 0 radical (unpaired) electrons. The highest BCUT2D eigenvalue weighted by molar-refractivity contribution is 6.31. The van der Waals surface area contributed by atoms with Gasteiger partial charge in [-0.15, -0.1) is 0 Å². The third-order valence-electron chi connectivity index (χ3n) is 6.68. The predicted octanol–water partition coefficient (Wildman–Crippen LogP) is 5.28. The number of amides is 1. The van der Waals surface area contributed by atoms with Crippen molar-refractivity contribution in [1.82, 2.24) is 10.2 Å². The third kappa shape index (κ3) is 4.06. The fraction of sp³-hybridized carbons (Fsp3) is 0.458. The molecule has 0 aromatic heterocycles. The Hall–Kier alpha value is -2.11. The molecule has 2 fully saturated rings. The number of ether oxygens (including phenoxy) is 1. The number of fused-ring (bicyclic) bond motifs is 2. The van der Waals surface area contributed by atoms with Crippen molar-refractivity contribution in [3.05, 3.63) is 63.9 Å². The lowest BCUT2D eigenvalue weighted by molar-refractivity contribution is 0.0689. The smallest absolute Gasteiger partial charge is 0.251 e. The molecule has 4 nitrogen and oxygen atoms in total. The molecule has 1 amide bonds. The van der Waals surface area contributed by atoms with Gasteiger partial charge in [0, 0.05) is 29.7 Å². The Morgan fingerprint density at radius 2 is 1.90 bits per heavy atom. The van der Waals surface area contributed by atoms with Gasteiger partial charge in [-0.2, -0.15) is 0 Å². The van der Waals surface area contributed by atoms with Gasteiger partial charge in [-0.25, -0.2) is 4.39 Å². The standard InChI is InChI=1S/C24H28ClFN2O2/c1-14-10-20(30-3)7-8-21(14)15(2)28-18-5-6-19(28)13-17(12-18)27-24(29)16-4-9-23(26)22(25)11-16/h4,7-11,15,17-19H,5-6,12-13H2,1-3H3,(H,27,29). The van der Waals surface area contributed by atoms with Gasteiger partial charge in [-0.3, -0.25) is 9.69 Å². The highest BCUT2D eigenvalue weighted by atomic mass is 35.5. The van der Waals surface area contributed by atoms with Crippen LogP contribution < -0.4 is 10.1 Å². The summed E-state index contributed by atoms with van der Waals surface area (Å²) in [5, 5.41) is 3.12. The van der Waals surface area contributed by atoms with Crippen molar-refractivity contribution in [3.8, 4) is 5.75 Å². The maximum absolute atomic E-state index is 13.4. The lowest BCUT2D eigenvalue weighted by atomic mass is 9.92. The molecule has 0 aliphatic carbocycles. The number of carbonyl (C=O) groups is 1. The van der Waals surface area contributed by atoms with Crippen LogP contribution >= 0.6 is 11.6 Å². The van der Waals surface area contributed by atoms with Gasteiger partial charge >= 0.3 is 0 Å². The second kappa shape index (κ2) is 8.56. The first-order valence-electron chi connectivity index (χ1n) is 10.5. The summed E-state index contributed by atoms with van der Waals surface area (Å²) >= 11 is 5.83. The van der Waals surface area contributed by atoms with E-state index >= 15 is 0 Å². The summed E-state index contributed by atoms with van der Waals surface area (Å²) in [6, 6.07) is 11.7. The van der Waals surface area contributed by atoms with Gasteiger partial charge in [0.05, 0.1) is 12.1 Å². The van der Waals surface area contributed by atoms with Crippen molar-refractivity contribution >= 4 is 17.5 Å². The van der Waals surface area contributed by atoms with Crippen molar-refractivity contribution in [3.63, 3.8) is 0 Å². The van der Waals surface area contributed by atoms with E-state index < -0.39 is 5.82 Å². The van der Waals surface area contributed by atoms with E-state index in [9.17, 15) is 9.18 Å². The molecule has 0 spiro atoms. The first-order chi connectivity index (χ1) is 14.4. The molecule has 6 heteroatoms. The van der Waals surface area contributed by atoms with E-state index in [2.05, 4.69) is 36.2 Å². The number of methoxy groups -OCH3 is 1. The third-order valence-corrected chi connectivity index (χ3v) is 6.97. The summed E-state index contributed by atoms with van der Waals surface area (Å²) in [6.07, 6.45) is 4.16. The summed E-state index contributed by atoms with van der Waals surface area (Å²) < 4.78 is 18.7. The van der Waals surface area contributed by atoms with Crippen LogP contribution in [0.25, 0.3) is 0 Å². The molecule has 2 aromatic carbocycles. The number of hydrogen-bond donors (Lipinski definition) is 1. The Morgan fingerprint density at radius 3 is 2.50 bits per heavy atom. The Labute approximate surface area is 182 Å². The largest absolute Gasteiger partial charge is 0.497 e. The normalized spacial score (nSPS) is 24.5. The van der Waals surface area contributed by atoms with E-state index in [0.717, 1.165) is 31.4 Å². The predicted molar refractivity (Wildman–Crippen MR) is 117 cm³/mol. The van der Waals surface area contributed by atoms with Crippen LogP contribution in [0.2, 0.25) is 5.02 Å². The Balaban J connectivity index is 1.44. The number of nitrogens with one attached hydrogen (secondary N) is 1. The zero-order chi connectivity index (χ0) is 21.4. The number of benzene rings is 2. The van der Waals surface area contributed by atoms with E-state index in [1.807, 2.05) is 6.07 Å². The second-order valence-electron chi connectivity index (χ2n) is 8.50. The van der Waals surface area contributed by atoms with E-state index in [0.29, 0.717) is 23.7 Å². The topological polar surface area (TPSA) is 41.6 Å². The molecule has 2 saturated heterocycles. The van der Waals surface area contributed by atoms with Crippen molar-refractivity contribution in [2.24, 2.45) is 0 Å². The average Bonchev–Trinajstić information content (AvgIpc) is 2.99. The SMILES string of the molecule is COc1ccc(C(C)N2C3CCC2CC(NC(=O)c2ccc(F)c(Cl)c2)C3)c(C)c1. The Kier molecular flexibility index (Phi) is 6.03. The molecule has 30 heavy (non-hydrogen) atoms. The number of carbonyl (C=O) groups excluding carboxylic acids is 1. The van der Waals surface area contributed by atoms with Gasteiger partial charge in [0.15, 0.2) is 0 Å². The lowest BCUT2D eigenvalue weighted by Gasteiger charge is -2.43. The van der Waals surface area contributed by atoms with Crippen LogP contribution in [0.5, 0.6) is 5.75 Å².